The highest BCUT2D eigenvalue weighted by Crippen LogP contribution is 2.21. The third kappa shape index (κ3) is 4.29. The molecule has 0 spiro atoms. The summed E-state index contributed by atoms with van der Waals surface area (Å²) in [6.07, 6.45) is 0. The SMILES string of the molecule is CCN(CC)C(CNS(=O)(=O)c1ccc2[nH]c(=O)[nH]c2c1)c1ccccc1. The number of fused-ring (bicyclic) bond motifs is 1. The van der Waals surface area contributed by atoms with Crippen molar-refractivity contribution in [2.75, 3.05) is 19.6 Å². The number of nitrogens with zero attached hydrogens (tertiary/aromatic N) is 1. The molecule has 144 valence electrons. The zero-order chi connectivity index (χ0) is 19.4. The Bertz CT molecular complexity index is 1050. The summed E-state index contributed by atoms with van der Waals surface area (Å²) in [6, 6.07) is 14.3. The summed E-state index contributed by atoms with van der Waals surface area (Å²) in [5.41, 5.74) is 1.74. The van der Waals surface area contributed by atoms with Gasteiger partial charge in [-0.25, -0.2) is 17.9 Å². The van der Waals surface area contributed by atoms with E-state index in [4.69, 9.17) is 0 Å². The largest absolute Gasteiger partial charge is 0.323 e. The highest BCUT2D eigenvalue weighted by Gasteiger charge is 2.22. The van der Waals surface area contributed by atoms with E-state index in [0.29, 0.717) is 11.0 Å². The van der Waals surface area contributed by atoms with Crippen LogP contribution in [0.25, 0.3) is 11.0 Å². The maximum absolute atomic E-state index is 12.8. The van der Waals surface area contributed by atoms with Crippen LogP contribution in [0.5, 0.6) is 0 Å². The summed E-state index contributed by atoms with van der Waals surface area (Å²) < 4.78 is 28.3. The van der Waals surface area contributed by atoms with Gasteiger partial charge < -0.3 is 9.97 Å². The number of likely N-dealkylation sites (N-methyl/N-ethyl adjacent to an activating group) is 1. The van der Waals surface area contributed by atoms with Crippen LogP contribution in [0, 0.1) is 0 Å². The molecule has 3 N–H and O–H groups in total. The minimum atomic E-state index is -3.71. The zero-order valence-corrected chi connectivity index (χ0v) is 16.2. The summed E-state index contributed by atoms with van der Waals surface area (Å²) in [4.78, 5) is 18.9. The van der Waals surface area contributed by atoms with Gasteiger partial charge >= 0.3 is 5.69 Å². The van der Waals surface area contributed by atoms with Gasteiger partial charge in [0.1, 0.15) is 0 Å². The number of benzene rings is 2. The van der Waals surface area contributed by atoms with E-state index < -0.39 is 10.0 Å². The van der Waals surface area contributed by atoms with Crippen molar-refractivity contribution in [2.24, 2.45) is 0 Å². The molecule has 3 aromatic rings. The Hall–Kier alpha value is -2.42. The summed E-state index contributed by atoms with van der Waals surface area (Å²) in [7, 11) is -3.71. The molecule has 0 amide bonds. The van der Waals surface area contributed by atoms with Gasteiger partial charge in [0.2, 0.25) is 10.0 Å². The fourth-order valence-electron chi connectivity index (χ4n) is 3.25. The van der Waals surface area contributed by atoms with Gasteiger partial charge in [-0.1, -0.05) is 44.2 Å². The Labute approximate surface area is 158 Å². The standard InChI is InChI=1S/C19H24N4O3S/c1-3-23(4-2)18(14-8-6-5-7-9-14)13-20-27(25,26)15-10-11-16-17(12-15)22-19(24)21-16/h5-12,18,20H,3-4,13H2,1-2H3,(H2,21,22,24). The minimum Gasteiger partial charge on any atom is -0.306 e. The lowest BCUT2D eigenvalue weighted by molar-refractivity contribution is 0.220. The van der Waals surface area contributed by atoms with Crippen LogP contribution in [0.15, 0.2) is 58.2 Å². The zero-order valence-electron chi connectivity index (χ0n) is 15.4. The molecule has 0 radical (unpaired) electrons. The minimum absolute atomic E-state index is 0.0632. The number of hydrogen-bond acceptors (Lipinski definition) is 4. The molecule has 0 aliphatic rings. The van der Waals surface area contributed by atoms with Crippen molar-refractivity contribution in [2.45, 2.75) is 24.8 Å². The van der Waals surface area contributed by atoms with Crippen LogP contribution in [0.1, 0.15) is 25.5 Å². The third-order valence-electron chi connectivity index (χ3n) is 4.70. The second-order valence-corrected chi connectivity index (χ2v) is 8.05. The molecule has 0 saturated heterocycles. The molecule has 7 nitrogen and oxygen atoms in total. The van der Waals surface area contributed by atoms with E-state index >= 15 is 0 Å². The van der Waals surface area contributed by atoms with Crippen LogP contribution in [0.3, 0.4) is 0 Å². The topological polar surface area (TPSA) is 98.1 Å². The smallest absolute Gasteiger partial charge is 0.306 e. The maximum atomic E-state index is 12.8. The third-order valence-corrected chi connectivity index (χ3v) is 6.12. The molecular formula is C19H24N4O3S. The maximum Gasteiger partial charge on any atom is 0.323 e. The summed E-state index contributed by atoms with van der Waals surface area (Å²) in [5, 5.41) is 0. The van der Waals surface area contributed by atoms with Gasteiger partial charge in [0.15, 0.2) is 0 Å². The van der Waals surface area contributed by atoms with Crippen LogP contribution >= 0.6 is 0 Å². The predicted octanol–water partition coefficient (Wildman–Crippen LogP) is 2.22. The summed E-state index contributed by atoms with van der Waals surface area (Å²) in [6.45, 7) is 6.01. The van der Waals surface area contributed by atoms with Crippen molar-refractivity contribution < 1.29 is 8.42 Å². The second-order valence-electron chi connectivity index (χ2n) is 6.29. The lowest BCUT2D eigenvalue weighted by Crippen LogP contribution is -2.38. The lowest BCUT2D eigenvalue weighted by atomic mass is 10.1. The average molecular weight is 388 g/mol. The van der Waals surface area contributed by atoms with Crippen LogP contribution in [-0.4, -0.2) is 42.9 Å². The van der Waals surface area contributed by atoms with E-state index in [2.05, 4.69) is 33.4 Å². The van der Waals surface area contributed by atoms with Crippen molar-refractivity contribution in [3.05, 3.63) is 64.6 Å². The number of nitrogens with one attached hydrogen (secondary N) is 3. The van der Waals surface area contributed by atoms with Gasteiger partial charge in [0, 0.05) is 12.6 Å². The van der Waals surface area contributed by atoms with Gasteiger partial charge in [-0.2, -0.15) is 0 Å². The van der Waals surface area contributed by atoms with E-state index in [0.717, 1.165) is 18.7 Å². The molecule has 0 aliphatic carbocycles. The Morgan fingerprint density at radius 2 is 1.67 bits per heavy atom. The normalized spacial score (nSPS) is 13.3. The van der Waals surface area contributed by atoms with Crippen molar-refractivity contribution in [3.63, 3.8) is 0 Å². The first-order valence-corrected chi connectivity index (χ1v) is 10.4. The molecular weight excluding hydrogens is 364 g/mol. The second kappa shape index (κ2) is 8.08. The Morgan fingerprint density at radius 3 is 2.33 bits per heavy atom. The number of aromatic nitrogens is 2. The summed E-state index contributed by atoms with van der Waals surface area (Å²) in [5.74, 6) is 0. The first-order chi connectivity index (χ1) is 12.9. The van der Waals surface area contributed by atoms with Crippen LogP contribution in [0.4, 0.5) is 0 Å². The van der Waals surface area contributed by atoms with E-state index in [1.165, 1.54) is 12.1 Å². The lowest BCUT2D eigenvalue weighted by Gasteiger charge is -2.30. The van der Waals surface area contributed by atoms with Gasteiger partial charge in [-0.15, -0.1) is 0 Å². The van der Waals surface area contributed by atoms with E-state index in [1.807, 2.05) is 30.3 Å². The molecule has 1 unspecified atom stereocenters. The number of H-pyrrole nitrogens is 2. The summed E-state index contributed by atoms with van der Waals surface area (Å²) >= 11 is 0. The molecule has 0 saturated carbocycles. The Balaban J connectivity index is 1.85. The fourth-order valence-corrected chi connectivity index (χ4v) is 4.31. The molecule has 27 heavy (non-hydrogen) atoms. The Kier molecular flexibility index (Phi) is 5.79. The van der Waals surface area contributed by atoms with Crippen molar-refractivity contribution in [1.29, 1.82) is 0 Å². The predicted molar refractivity (Wildman–Crippen MR) is 106 cm³/mol. The number of aromatic amines is 2. The molecule has 1 heterocycles. The van der Waals surface area contributed by atoms with Crippen molar-refractivity contribution >= 4 is 21.1 Å². The molecule has 0 bridgehead atoms. The first kappa shape index (κ1) is 19.3. The number of sulfonamides is 1. The highest BCUT2D eigenvalue weighted by molar-refractivity contribution is 7.89. The van der Waals surface area contributed by atoms with Crippen LogP contribution < -0.4 is 10.4 Å². The monoisotopic (exact) mass is 388 g/mol. The van der Waals surface area contributed by atoms with E-state index in [9.17, 15) is 13.2 Å². The molecule has 3 rings (SSSR count). The van der Waals surface area contributed by atoms with Crippen LogP contribution in [-0.2, 0) is 10.0 Å². The molecule has 2 aromatic carbocycles. The van der Waals surface area contributed by atoms with Gasteiger partial charge in [-0.3, -0.25) is 4.90 Å². The van der Waals surface area contributed by atoms with Crippen molar-refractivity contribution in [1.82, 2.24) is 19.6 Å². The quantitative estimate of drug-likeness (QED) is 0.551. The molecule has 0 fully saturated rings. The Morgan fingerprint density at radius 1 is 1.00 bits per heavy atom. The van der Waals surface area contributed by atoms with E-state index in [-0.39, 0.29) is 23.2 Å². The van der Waals surface area contributed by atoms with Gasteiger partial charge in [-0.05, 0) is 36.9 Å². The van der Waals surface area contributed by atoms with Gasteiger partial charge in [0.25, 0.3) is 0 Å². The first-order valence-electron chi connectivity index (χ1n) is 8.95. The number of rotatable bonds is 8. The van der Waals surface area contributed by atoms with Gasteiger partial charge in [0.05, 0.1) is 15.9 Å². The number of imidazole rings is 1. The average Bonchev–Trinajstić information content (AvgIpc) is 3.05. The molecule has 1 aromatic heterocycles. The highest BCUT2D eigenvalue weighted by atomic mass is 32.2. The van der Waals surface area contributed by atoms with E-state index in [1.54, 1.807) is 6.07 Å². The fraction of sp³-hybridized carbons (Fsp3) is 0.316. The van der Waals surface area contributed by atoms with Crippen LogP contribution in [0.2, 0.25) is 0 Å². The molecule has 1 atom stereocenters. The number of hydrogen-bond donors (Lipinski definition) is 3. The molecule has 8 heteroatoms. The van der Waals surface area contributed by atoms with Crippen molar-refractivity contribution in [3.8, 4) is 0 Å². The molecule has 0 aliphatic heterocycles.